The van der Waals surface area contributed by atoms with Gasteiger partial charge >= 0.3 is 0 Å². The molecule has 0 amide bonds. The van der Waals surface area contributed by atoms with Crippen LogP contribution in [-0.2, 0) is 13.0 Å². The van der Waals surface area contributed by atoms with Crippen LogP contribution in [0.2, 0.25) is 0 Å². The van der Waals surface area contributed by atoms with Crippen LogP contribution in [-0.4, -0.2) is 22.7 Å². The number of methoxy groups -OCH3 is 1. The van der Waals surface area contributed by atoms with Gasteiger partial charge in [-0.1, -0.05) is 0 Å². The molecule has 2 heterocycles. The van der Waals surface area contributed by atoms with Crippen LogP contribution >= 0.6 is 0 Å². The Kier molecular flexibility index (Phi) is 3.03. The maximum atomic E-state index is 6.05. The van der Waals surface area contributed by atoms with Crippen LogP contribution in [0.15, 0.2) is 24.3 Å². The Bertz CT molecular complexity index is 586. The van der Waals surface area contributed by atoms with E-state index in [1.54, 1.807) is 7.11 Å². The van der Waals surface area contributed by atoms with Crippen molar-refractivity contribution in [3.63, 3.8) is 0 Å². The van der Waals surface area contributed by atoms with Crippen molar-refractivity contribution in [2.75, 3.05) is 7.11 Å². The van der Waals surface area contributed by atoms with Crippen molar-refractivity contribution in [2.45, 2.75) is 32.4 Å². The predicted molar refractivity (Wildman–Crippen MR) is 75.2 cm³/mol. The van der Waals surface area contributed by atoms with E-state index < -0.39 is 0 Å². The summed E-state index contributed by atoms with van der Waals surface area (Å²) in [6.45, 7) is 3.02. The lowest BCUT2D eigenvalue weighted by Gasteiger charge is -2.22. The van der Waals surface area contributed by atoms with Crippen LogP contribution in [0.25, 0.3) is 11.4 Å². The number of hydrogen-bond acceptors (Lipinski definition) is 3. The van der Waals surface area contributed by atoms with E-state index in [2.05, 4.69) is 23.6 Å². The molecule has 2 aromatic rings. The fourth-order valence-corrected chi connectivity index (χ4v) is 2.71. The summed E-state index contributed by atoms with van der Waals surface area (Å²) in [6, 6.07) is 8.33. The van der Waals surface area contributed by atoms with Crippen molar-refractivity contribution in [2.24, 2.45) is 5.73 Å². The van der Waals surface area contributed by atoms with Crippen LogP contribution in [0.5, 0.6) is 5.75 Å². The molecule has 1 unspecified atom stereocenters. The number of aromatic nitrogens is 2. The number of aryl methyl sites for hydroxylation is 1. The first-order chi connectivity index (χ1) is 9.19. The minimum Gasteiger partial charge on any atom is -0.497 e. The summed E-state index contributed by atoms with van der Waals surface area (Å²) in [4.78, 5) is 4.72. The van der Waals surface area contributed by atoms with Crippen molar-refractivity contribution in [3.8, 4) is 17.1 Å². The minimum atomic E-state index is 0.270. The third-order valence-electron chi connectivity index (χ3n) is 3.80. The zero-order chi connectivity index (χ0) is 13.4. The monoisotopic (exact) mass is 257 g/mol. The van der Waals surface area contributed by atoms with E-state index in [0.717, 1.165) is 42.2 Å². The van der Waals surface area contributed by atoms with Gasteiger partial charge in [0.1, 0.15) is 11.6 Å². The van der Waals surface area contributed by atoms with E-state index in [4.69, 9.17) is 15.5 Å². The number of nitrogens with zero attached hydrogens (tertiary/aromatic N) is 2. The Hall–Kier alpha value is -1.81. The van der Waals surface area contributed by atoms with Crippen LogP contribution < -0.4 is 10.5 Å². The normalized spacial score (nSPS) is 18.2. The van der Waals surface area contributed by atoms with Gasteiger partial charge in [0.2, 0.25) is 0 Å². The summed E-state index contributed by atoms with van der Waals surface area (Å²) in [5, 5.41) is 0. The molecule has 3 rings (SSSR count). The number of imidazole rings is 1. The van der Waals surface area contributed by atoms with Crippen LogP contribution in [0.4, 0.5) is 0 Å². The number of fused-ring (bicyclic) bond motifs is 1. The van der Waals surface area contributed by atoms with Gasteiger partial charge in [-0.15, -0.1) is 0 Å². The SMILES string of the molecule is COc1ccc(-c2nc(C)c3n2CCC(N)C3)cc1. The number of hydrogen-bond donors (Lipinski definition) is 1. The molecule has 2 N–H and O–H groups in total. The van der Waals surface area contributed by atoms with Gasteiger partial charge < -0.3 is 15.0 Å². The first-order valence-electron chi connectivity index (χ1n) is 6.65. The average Bonchev–Trinajstić information content (AvgIpc) is 2.76. The van der Waals surface area contributed by atoms with E-state index in [0.29, 0.717) is 0 Å². The second kappa shape index (κ2) is 4.70. The molecule has 0 saturated heterocycles. The fraction of sp³-hybridized carbons (Fsp3) is 0.400. The smallest absolute Gasteiger partial charge is 0.140 e. The largest absolute Gasteiger partial charge is 0.497 e. The van der Waals surface area contributed by atoms with Crippen LogP contribution in [0.3, 0.4) is 0 Å². The first kappa shape index (κ1) is 12.2. The average molecular weight is 257 g/mol. The van der Waals surface area contributed by atoms with Crippen molar-refractivity contribution in [3.05, 3.63) is 35.7 Å². The van der Waals surface area contributed by atoms with Gasteiger partial charge in [-0.05, 0) is 37.6 Å². The number of benzene rings is 1. The standard InChI is InChI=1S/C15H19N3O/c1-10-14-9-12(16)7-8-18(14)15(17-10)11-3-5-13(19-2)6-4-11/h3-6,12H,7-9,16H2,1-2H3. The lowest BCUT2D eigenvalue weighted by Crippen LogP contribution is -2.31. The third-order valence-corrected chi connectivity index (χ3v) is 3.80. The Morgan fingerprint density at radius 3 is 2.74 bits per heavy atom. The number of nitrogens with two attached hydrogens (primary N) is 1. The zero-order valence-electron chi connectivity index (χ0n) is 11.4. The van der Waals surface area contributed by atoms with Crippen molar-refractivity contribution in [1.29, 1.82) is 0 Å². The molecule has 100 valence electrons. The molecular formula is C15H19N3O. The van der Waals surface area contributed by atoms with E-state index >= 15 is 0 Å². The third kappa shape index (κ3) is 2.12. The van der Waals surface area contributed by atoms with Gasteiger partial charge in [-0.2, -0.15) is 0 Å². The Morgan fingerprint density at radius 1 is 1.32 bits per heavy atom. The van der Waals surface area contributed by atoms with E-state index in [-0.39, 0.29) is 6.04 Å². The van der Waals surface area contributed by atoms with Crippen LogP contribution in [0.1, 0.15) is 17.8 Å². The van der Waals surface area contributed by atoms with Gasteiger partial charge in [-0.25, -0.2) is 4.98 Å². The van der Waals surface area contributed by atoms with Crippen LogP contribution in [0, 0.1) is 6.92 Å². The Morgan fingerprint density at radius 2 is 2.05 bits per heavy atom. The summed E-state index contributed by atoms with van der Waals surface area (Å²) in [6.07, 6.45) is 1.95. The molecule has 0 spiro atoms. The molecule has 0 fully saturated rings. The van der Waals surface area contributed by atoms with Gasteiger partial charge in [0.25, 0.3) is 0 Å². The summed E-state index contributed by atoms with van der Waals surface area (Å²) >= 11 is 0. The quantitative estimate of drug-likeness (QED) is 0.896. The molecule has 0 aliphatic carbocycles. The molecule has 1 aromatic carbocycles. The molecule has 0 radical (unpaired) electrons. The second-order valence-electron chi connectivity index (χ2n) is 5.10. The van der Waals surface area contributed by atoms with E-state index in [9.17, 15) is 0 Å². The molecule has 4 heteroatoms. The highest BCUT2D eigenvalue weighted by atomic mass is 16.5. The molecule has 0 saturated carbocycles. The number of ether oxygens (including phenoxy) is 1. The molecule has 1 aliphatic heterocycles. The van der Waals surface area contributed by atoms with E-state index in [1.807, 2.05) is 12.1 Å². The minimum absolute atomic E-state index is 0.270. The van der Waals surface area contributed by atoms with Gasteiger partial charge in [0.15, 0.2) is 0 Å². The molecule has 1 aromatic heterocycles. The summed E-state index contributed by atoms with van der Waals surface area (Å²) in [5.74, 6) is 1.91. The lowest BCUT2D eigenvalue weighted by molar-refractivity contribution is 0.415. The maximum absolute atomic E-state index is 6.05. The molecular weight excluding hydrogens is 238 g/mol. The van der Waals surface area contributed by atoms with Gasteiger partial charge in [0, 0.05) is 30.3 Å². The Balaban J connectivity index is 2.03. The molecule has 19 heavy (non-hydrogen) atoms. The lowest BCUT2D eigenvalue weighted by atomic mass is 10.0. The highest BCUT2D eigenvalue weighted by Gasteiger charge is 2.22. The Labute approximate surface area is 113 Å². The summed E-state index contributed by atoms with van der Waals surface area (Å²) < 4.78 is 7.50. The predicted octanol–water partition coefficient (Wildman–Crippen LogP) is 2.14. The highest BCUT2D eigenvalue weighted by molar-refractivity contribution is 5.58. The topological polar surface area (TPSA) is 53.1 Å². The summed E-state index contributed by atoms with van der Waals surface area (Å²) in [7, 11) is 1.68. The number of rotatable bonds is 2. The van der Waals surface area contributed by atoms with E-state index in [1.165, 1.54) is 5.69 Å². The molecule has 4 nitrogen and oxygen atoms in total. The van der Waals surface area contributed by atoms with Gasteiger partial charge in [-0.3, -0.25) is 0 Å². The first-order valence-corrected chi connectivity index (χ1v) is 6.65. The molecule has 1 atom stereocenters. The second-order valence-corrected chi connectivity index (χ2v) is 5.10. The highest BCUT2D eigenvalue weighted by Crippen LogP contribution is 2.28. The molecule has 1 aliphatic rings. The van der Waals surface area contributed by atoms with Crippen molar-refractivity contribution in [1.82, 2.24) is 9.55 Å². The van der Waals surface area contributed by atoms with Crippen molar-refractivity contribution >= 4 is 0 Å². The van der Waals surface area contributed by atoms with Crippen molar-refractivity contribution < 1.29 is 4.74 Å². The molecule has 0 bridgehead atoms. The maximum Gasteiger partial charge on any atom is 0.140 e. The fourth-order valence-electron chi connectivity index (χ4n) is 2.71. The summed E-state index contributed by atoms with van der Waals surface area (Å²) in [5.41, 5.74) is 9.56. The zero-order valence-corrected chi connectivity index (χ0v) is 11.4. The van der Waals surface area contributed by atoms with Gasteiger partial charge in [0.05, 0.1) is 12.8 Å².